The molecular formula is C21H21N5O7S. The summed E-state index contributed by atoms with van der Waals surface area (Å²) in [5.41, 5.74) is 1.57. The Bertz CT molecular complexity index is 1380. The first-order chi connectivity index (χ1) is 16.3. The van der Waals surface area contributed by atoms with Gasteiger partial charge in [-0.3, -0.25) is 20.2 Å². The number of aromatic nitrogens is 3. The maximum atomic E-state index is 12.9. The molecule has 1 aromatic carbocycles. The number of nitrogens with zero attached hydrogens (tertiary/aromatic N) is 2. The SMILES string of the molecule is COc1ccccc1Oc1c(NS(=O)(=O)c2ccc(C)cn2)nc(C(/C=C\NO)=C/O)[nH]c1=O. The summed E-state index contributed by atoms with van der Waals surface area (Å²) in [6.45, 7) is 1.75. The number of hydroxylamine groups is 1. The summed E-state index contributed by atoms with van der Waals surface area (Å²) < 4.78 is 39.0. The van der Waals surface area contributed by atoms with Crippen LogP contribution in [0.1, 0.15) is 11.4 Å². The van der Waals surface area contributed by atoms with Crippen molar-refractivity contribution in [3.63, 3.8) is 0 Å². The van der Waals surface area contributed by atoms with E-state index in [1.165, 1.54) is 31.5 Å². The number of aliphatic hydroxyl groups excluding tert-OH is 1. The van der Waals surface area contributed by atoms with Gasteiger partial charge in [0.25, 0.3) is 15.6 Å². The van der Waals surface area contributed by atoms with Gasteiger partial charge >= 0.3 is 0 Å². The Morgan fingerprint density at radius 2 is 1.91 bits per heavy atom. The lowest BCUT2D eigenvalue weighted by atomic mass is 10.2. The molecule has 0 saturated heterocycles. The minimum absolute atomic E-state index is 0.0589. The van der Waals surface area contributed by atoms with Gasteiger partial charge in [-0.1, -0.05) is 18.2 Å². The van der Waals surface area contributed by atoms with Gasteiger partial charge < -0.3 is 19.6 Å². The Balaban J connectivity index is 2.15. The summed E-state index contributed by atoms with van der Waals surface area (Å²) in [6, 6.07) is 9.27. The standard InChI is InChI=1S/C21H21N5O7S/c1-13-7-8-17(22-11-13)34(30,31)26-20-18(33-16-6-4-3-5-15(16)32-2)21(28)25-19(24-20)14(12-27)9-10-23-29/h3-12,23,27,29H,1-2H3,(H2,24,25,26,28)/b10-9-,14-12+. The van der Waals surface area contributed by atoms with Crippen LogP contribution in [0.15, 0.2) is 71.0 Å². The normalized spacial score (nSPS) is 11.9. The van der Waals surface area contributed by atoms with Crippen molar-refractivity contribution in [1.82, 2.24) is 20.4 Å². The van der Waals surface area contributed by atoms with Crippen molar-refractivity contribution in [2.75, 3.05) is 11.8 Å². The number of nitrogens with one attached hydrogen (secondary N) is 3. The highest BCUT2D eigenvalue weighted by atomic mass is 32.2. The molecule has 13 heteroatoms. The van der Waals surface area contributed by atoms with E-state index in [1.54, 1.807) is 36.7 Å². The Kier molecular flexibility index (Phi) is 7.50. The molecule has 0 aliphatic rings. The maximum Gasteiger partial charge on any atom is 0.296 e. The van der Waals surface area contributed by atoms with Crippen molar-refractivity contribution in [2.24, 2.45) is 0 Å². The third-order valence-corrected chi connectivity index (χ3v) is 5.55. The zero-order valence-electron chi connectivity index (χ0n) is 18.0. The minimum atomic E-state index is -4.28. The molecule has 2 heterocycles. The third kappa shape index (κ3) is 5.51. The van der Waals surface area contributed by atoms with Crippen molar-refractivity contribution >= 4 is 21.4 Å². The number of sulfonamides is 1. The Hall–Kier alpha value is -4.36. The second-order valence-electron chi connectivity index (χ2n) is 6.67. The average molecular weight is 487 g/mol. The van der Waals surface area contributed by atoms with Gasteiger partial charge in [0, 0.05) is 12.4 Å². The molecule has 0 unspecified atom stereocenters. The fraction of sp³-hybridized carbons (Fsp3) is 0.0952. The molecule has 3 aromatic rings. The van der Waals surface area contributed by atoms with Gasteiger partial charge in [0.15, 0.2) is 22.3 Å². The van der Waals surface area contributed by atoms with Crippen LogP contribution in [0.4, 0.5) is 5.82 Å². The summed E-state index contributed by atoms with van der Waals surface area (Å²) in [7, 11) is -2.88. The van der Waals surface area contributed by atoms with Crippen LogP contribution in [0.25, 0.3) is 5.57 Å². The number of benzene rings is 1. The van der Waals surface area contributed by atoms with Crippen LogP contribution in [0.2, 0.25) is 0 Å². The predicted octanol–water partition coefficient (Wildman–Crippen LogP) is 2.47. The van der Waals surface area contributed by atoms with Crippen molar-refractivity contribution in [1.29, 1.82) is 0 Å². The molecule has 0 saturated carbocycles. The highest BCUT2D eigenvalue weighted by Gasteiger charge is 2.23. The Labute approximate surface area is 194 Å². The lowest BCUT2D eigenvalue weighted by Gasteiger charge is -2.14. The van der Waals surface area contributed by atoms with Gasteiger partial charge in [0.2, 0.25) is 5.75 Å². The van der Waals surface area contributed by atoms with Gasteiger partial charge in [-0.25, -0.2) is 9.97 Å². The van der Waals surface area contributed by atoms with E-state index in [4.69, 9.17) is 14.7 Å². The smallest absolute Gasteiger partial charge is 0.296 e. The molecule has 0 radical (unpaired) electrons. The maximum absolute atomic E-state index is 12.9. The zero-order chi connectivity index (χ0) is 24.7. The topological polar surface area (TPSA) is 176 Å². The quantitative estimate of drug-likeness (QED) is 0.171. The van der Waals surface area contributed by atoms with E-state index in [9.17, 15) is 18.3 Å². The van der Waals surface area contributed by atoms with Crippen LogP contribution >= 0.6 is 0 Å². The highest BCUT2D eigenvalue weighted by Crippen LogP contribution is 2.33. The molecule has 0 bridgehead atoms. The molecule has 0 aliphatic heterocycles. The first-order valence-electron chi connectivity index (χ1n) is 9.60. The lowest BCUT2D eigenvalue weighted by molar-refractivity contribution is 0.214. The van der Waals surface area contributed by atoms with E-state index in [-0.39, 0.29) is 27.9 Å². The predicted molar refractivity (Wildman–Crippen MR) is 122 cm³/mol. The first-order valence-corrected chi connectivity index (χ1v) is 11.1. The number of H-pyrrole nitrogens is 1. The van der Waals surface area contributed by atoms with Crippen LogP contribution in [-0.4, -0.2) is 40.8 Å². The molecule has 0 spiro atoms. The molecule has 2 aromatic heterocycles. The van der Waals surface area contributed by atoms with Crippen molar-refractivity contribution in [2.45, 2.75) is 11.9 Å². The third-order valence-electron chi connectivity index (χ3n) is 4.30. The number of ether oxygens (including phenoxy) is 2. The van der Waals surface area contributed by atoms with Crippen molar-refractivity contribution in [3.8, 4) is 17.2 Å². The average Bonchev–Trinajstić information content (AvgIpc) is 2.82. The molecule has 12 nitrogen and oxygen atoms in total. The number of aryl methyl sites for hydroxylation is 1. The molecule has 178 valence electrons. The minimum Gasteiger partial charge on any atom is -0.515 e. The number of pyridine rings is 1. The van der Waals surface area contributed by atoms with Gasteiger partial charge in [0.05, 0.1) is 18.9 Å². The van der Waals surface area contributed by atoms with Crippen LogP contribution in [0.5, 0.6) is 17.2 Å². The molecule has 5 N–H and O–H groups in total. The lowest BCUT2D eigenvalue weighted by Crippen LogP contribution is -2.21. The van der Waals surface area contributed by atoms with Crippen LogP contribution in [0.3, 0.4) is 0 Å². The number of hydrogen-bond acceptors (Lipinski definition) is 10. The van der Waals surface area contributed by atoms with Gasteiger partial charge in [-0.2, -0.15) is 8.42 Å². The molecule has 0 aliphatic carbocycles. The van der Waals surface area contributed by atoms with E-state index in [1.807, 2.05) is 0 Å². The van der Waals surface area contributed by atoms with Crippen LogP contribution < -0.4 is 25.2 Å². The monoisotopic (exact) mass is 487 g/mol. The number of para-hydroxylation sites is 2. The number of aliphatic hydroxyl groups is 1. The fourth-order valence-electron chi connectivity index (χ4n) is 2.68. The van der Waals surface area contributed by atoms with Crippen LogP contribution in [-0.2, 0) is 10.0 Å². The molecule has 0 fully saturated rings. The largest absolute Gasteiger partial charge is 0.515 e. The van der Waals surface area contributed by atoms with Crippen LogP contribution in [0, 0.1) is 6.92 Å². The van der Waals surface area contributed by atoms with E-state index in [2.05, 4.69) is 19.7 Å². The molecule has 0 amide bonds. The summed E-state index contributed by atoms with van der Waals surface area (Å²) in [5.74, 6) is -0.766. The second kappa shape index (κ2) is 10.5. The number of allylic oxidation sites excluding steroid dienone is 2. The second-order valence-corrected chi connectivity index (χ2v) is 8.30. The number of aromatic amines is 1. The summed E-state index contributed by atoms with van der Waals surface area (Å²) in [4.78, 5) is 23.3. The molecule has 0 atom stereocenters. The molecular weight excluding hydrogens is 466 g/mol. The fourth-order valence-corrected chi connectivity index (χ4v) is 3.62. The van der Waals surface area contributed by atoms with E-state index in [0.29, 0.717) is 6.26 Å². The van der Waals surface area contributed by atoms with Crippen molar-refractivity contribution in [3.05, 3.63) is 82.9 Å². The van der Waals surface area contributed by atoms with Gasteiger partial charge in [0.1, 0.15) is 5.82 Å². The number of rotatable bonds is 9. The first kappa shape index (κ1) is 24.3. The van der Waals surface area contributed by atoms with E-state index >= 15 is 0 Å². The molecule has 3 rings (SSSR count). The summed E-state index contributed by atoms with van der Waals surface area (Å²) in [6.07, 6.45) is 4.20. The Morgan fingerprint density at radius 3 is 2.53 bits per heavy atom. The molecule has 34 heavy (non-hydrogen) atoms. The van der Waals surface area contributed by atoms with E-state index in [0.717, 1.165) is 11.8 Å². The van der Waals surface area contributed by atoms with E-state index < -0.39 is 27.1 Å². The zero-order valence-corrected chi connectivity index (χ0v) is 18.8. The Morgan fingerprint density at radius 1 is 1.18 bits per heavy atom. The van der Waals surface area contributed by atoms with Crippen molar-refractivity contribution < 1.29 is 28.2 Å². The number of hydrogen-bond donors (Lipinski definition) is 5. The van der Waals surface area contributed by atoms with Gasteiger partial charge in [-0.05, 0) is 36.8 Å². The number of methoxy groups -OCH3 is 1. The summed E-state index contributed by atoms with van der Waals surface area (Å²) in [5, 5.41) is 18.0. The number of anilines is 1. The van der Waals surface area contributed by atoms with Gasteiger partial charge in [-0.15, -0.1) is 0 Å². The summed E-state index contributed by atoms with van der Waals surface area (Å²) >= 11 is 0. The highest BCUT2D eigenvalue weighted by molar-refractivity contribution is 7.92.